The lowest BCUT2D eigenvalue weighted by Crippen LogP contribution is -2.47. The lowest BCUT2D eigenvalue weighted by molar-refractivity contribution is 0.395. The number of benzene rings is 1. The van der Waals surface area contributed by atoms with Crippen LogP contribution in [-0.4, -0.2) is 56.1 Å². The van der Waals surface area contributed by atoms with Crippen LogP contribution in [0, 0.1) is 0 Å². The number of ether oxygens (including phenoxy) is 2. The Kier molecular flexibility index (Phi) is 6.56. The number of nitrogens with zero attached hydrogens (tertiary/aromatic N) is 2. The van der Waals surface area contributed by atoms with Gasteiger partial charge in [0.15, 0.2) is 15.0 Å². The number of hydrogen-bond acceptors (Lipinski definition) is 7. The van der Waals surface area contributed by atoms with E-state index < -0.39 is 25.2 Å². The summed E-state index contributed by atoms with van der Waals surface area (Å²) in [5.41, 5.74) is 1.73. The Balaban J connectivity index is 1.46. The molecule has 0 amide bonds. The van der Waals surface area contributed by atoms with Gasteiger partial charge in [-0.1, -0.05) is 24.3 Å². The van der Waals surface area contributed by atoms with Crippen LogP contribution in [0.25, 0.3) is 11.3 Å². The summed E-state index contributed by atoms with van der Waals surface area (Å²) in [6.45, 7) is 3.04. The van der Waals surface area contributed by atoms with Crippen LogP contribution >= 0.6 is 22.9 Å². The molecule has 1 aromatic heterocycles. The van der Waals surface area contributed by atoms with E-state index in [4.69, 9.17) is 26.1 Å². The van der Waals surface area contributed by atoms with Crippen molar-refractivity contribution in [1.29, 1.82) is 0 Å². The first-order chi connectivity index (χ1) is 15.3. The Bertz CT molecular complexity index is 1130. The van der Waals surface area contributed by atoms with Crippen molar-refractivity contribution in [3.05, 3.63) is 47.9 Å². The van der Waals surface area contributed by atoms with Gasteiger partial charge < -0.3 is 14.4 Å². The number of anilines is 1. The molecule has 2 aliphatic rings. The summed E-state index contributed by atoms with van der Waals surface area (Å²) < 4.78 is 37.3. The molecule has 0 bridgehead atoms. The average Bonchev–Trinajstić information content (AvgIpc) is 3.28. The number of aromatic nitrogens is 1. The Morgan fingerprint density at radius 2 is 1.94 bits per heavy atom. The van der Waals surface area contributed by atoms with Crippen molar-refractivity contribution in [2.45, 2.75) is 35.1 Å². The predicted octanol–water partition coefficient (Wildman–Crippen LogP) is 4.70. The van der Waals surface area contributed by atoms with E-state index in [0.29, 0.717) is 31.7 Å². The number of rotatable bonds is 6. The quantitative estimate of drug-likeness (QED) is 0.542. The fraction of sp³-hybridized carbons (Fsp3) is 0.435. The smallest absolute Gasteiger partial charge is 0.185 e. The molecule has 32 heavy (non-hydrogen) atoms. The molecule has 1 aromatic carbocycles. The molecule has 1 aliphatic carbocycles. The van der Waals surface area contributed by atoms with Gasteiger partial charge in [-0.05, 0) is 31.9 Å². The predicted molar refractivity (Wildman–Crippen MR) is 131 cm³/mol. The van der Waals surface area contributed by atoms with Gasteiger partial charge in [0.05, 0.1) is 30.0 Å². The van der Waals surface area contributed by atoms with E-state index in [-0.39, 0.29) is 0 Å². The molecular weight excluding hydrogens is 468 g/mol. The zero-order valence-corrected chi connectivity index (χ0v) is 20.7. The summed E-state index contributed by atoms with van der Waals surface area (Å²) in [6, 6.07) is 5.65. The molecule has 2 unspecified atom stereocenters. The highest BCUT2D eigenvalue weighted by Gasteiger charge is 2.44. The fourth-order valence-corrected chi connectivity index (χ4v) is 7.96. The summed E-state index contributed by atoms with van der Waals surface area (Å²) in [5, 5.41) is 1.78. The number of halogens is 1. The van der Waals surface area contributed by atoms with Crippen LogP contribution in [0.3, 0.4) is 0 Å². The van der Waals surface area contributed by atoms with Gasteiger partial charge in [-0.3, -0.25) is 0 Å². The Morgan fingerprint density at radius 1 is 1.19 bits per heavy atom. The molecule has 9 heteroatoms. The number of alkyl halides is 1. The molecule has 6 nitrogen and oxygen atoms in total. The van der Waals surface area contributed by atoms with Gasteiger partial charge in [0, 0.05) is 30.1 Å². The molecule has 172 valence electrons. The SMILES string of the molecule is COc1ccc(-c2csc(N3CCC(S(=O)(=O)C4C=CC=CC4(C)Cl)CC3)n2)c(OC)c1. The van der Waals surface area contributed by atoms with Crippen LogP contribution in [0.5, 0.6) is 11.5 Å². The van der Waals surface area contributed by atoms with E-state index in [1.54, 1.807) is 56.8 Å². The van der Waals surface area contributed by atoms with Crippen molar-refractivity contribution in [2.24, 2.45) is 0 Å². The van der Waals surface area contributed by atoms with E-state index >= 15 is 0 Å². The number of methoxy groups -OCH3 is 2. The van der Waals surface area contributed by atoms with Gasteiger partial charge in [0.25, 0.3) is 0 Å². The monoisotopic (exact) mass is 494 g/mol. The maximum absolute atomic E-state index is 13.3. The third-order valence-electron chi connectivity index (χ3n) is 6.08. The van der Waals surface area contributed by atoms with Crippen molar-refractivity contribution in [3.63, 3.8) is 0 Å². The topological polar surface area (TPSA) is 68.7 Å². The number of piperidine rings is 1. The zero-order chi connectivity index (χ0) is 22.9. The first-order valence-electron chi connectivity index (χ1n) is 10.5. The highest BCUT2D eigenvalue weighted by Crippen LogP contribution is 2.38. The number of thiazole rings is 1. The maximum atomic E-state index is 13.3. The molecule has 1 fully saturated rings. The lowest BCUT2D eigenvalue weighted by atomic mass is 10.0. The van der Waals surface area contributed by atoms with Crippen LogP contribution in [-0.2, 0) is 9.84 Å². The molecule has 2 atom stereocenters. The van der Waals surface area contributed by atoms with E-state index in [2.05, 4.69) is 4.90 Å². The molecular formula is C23H27ClN2O4S2. The number of sulfone groups is 1. The largest absolute Gasteiger partial charge is 0.497 e. The Labute approximate surface area is 198 Å². The van der Waals surface area contributed by atoms with Crippen LogP contribution in [0.15, 0.2) is 47.9 Å². The van der Waals surface area contributed by atoms with E-state index in [9.17, 15) is 8.42 Å². The third kappa shape index (κ3) is 4.40. The Morgan fingerprint density at radius 3 is 2.59 bits per heavy atom. The summed E-state index contributed by atoms with van der Waals surface area (Å²) in [7, 11) is -0.150. The van der Waals surface area contributed by atoms with Crippen LogP contribution < -0.4 is 14.4 Å². The van der Waals surface area contributed by atoms with E-state index in [1.165, 1.54) is 0 Å². The Hall–Kier alpha value is -2.03. The molecule has 0 spiro atoms. The van der Waals surface area contributed by atoms with Gasteiger partial charge in [-0.25, -0.2) is 13.4 Å². The maximum Gasteiger partial charge on any atom is 0.185 e. The minimum absolute atomic E-state index is 0.404. The highest BCUT2D eigenvalue weighted by molar-refractivity contribution is 7.93. The summed E-state index contributed by atoms with van der Waals surface area (Å²) >= 11 is 8.07. The molecule has 4 rings (SSSR count). The zero-order valence-electron chi connectivity index (χ0n) is 18.3. The van der Waals surface area contributed by atoms with Crippen LogP contribution in [0.4, 0.5) is 5.13 Å². The molecule has 1 saturated heterocycles. The second-order valence-electron chi connectivity index (χ2n) is 8.17. The normalized spacial score (nSPS) is 24.0. The standard InChI is InChI=1S/C23H27ClN2O4S2/c1-23(24)11-5-4-6-21(23)32(27,28)17-9-12-26(13-10-17)22-25-19(15-31-22)18-8-7-16(29-2)14-20(18)30-3/h4-8,11,14-15,17,21H,9-10,12-13H2,1-3H3. The molecule has 2 heterocycles. The molecule has 0 saturated carbocycles. The summed E-state index contributed by atoms with van der Waals surface area (Å²) in [4.78, 5) is 6.05. The molecule has 0 N–H and O–H groups in total. The molecule has 0 radical (unpaired) electrons. The lowest BCUT2D eigenvalue weighted by Gasteiger charge is -2.36. The average molecular weight is 495 g/mol. The third-order valence-corrected chi connectivity index (χ3v) is 10.2. The highest BCUT2D eigenvalue weighted by atomic mass is 35.5. The van der Waals surface area contributed by atoms with E-state index in [1.807, 2.05) is 23.6 Å². The van der Waals surface area contributed by atoms with Crippen molar-refractivity contribution in [3.8, 4) is 22.8 Å². The van der Waals surface area contributed by atoms with Gasteiger partial charge in [0.2, 0.25) is 0 Å². The van der Waals surface area contributed by atoms with E-state index in [0.717, 1.165) is 22.1 Å². The number of hydrogen-bond donors (Lipinski definition) is 0. The van der Waals surface area contributed by atoms with Crippen LogP contribution in [0.1, 0.15) is 19.8 Å². The summed E-state index contributed by atoms with van der Waals surface area (Å²) in [6.07, 6.45) is 8.17. The van der Waals surface area contributed by atoms with Gasteiger partial charge in [-0.2, -0.15) is 0 Å². The van der Waals surface area contributed by atoms with Crippen molar-refractivity contribution in [1.82, 2.24) is 4.98 Å². The number of allylic oxidation sites excluding steroid dienone is 3. The van der Waals surface area contributed by atoms with Crippen LogP contribution in [0.2, 0.25) is 0 Å². The second kappa shape index (κ2) is 9.08. The van der Waals surface area contributed by atoms with Gasteiger partial charge in [-0.15, -0.1) is 22.9 Å². The second-order valence-corrected chi connectivity index (χ2v) is 12.2. The molecule has 1 aliphatic heterocycles. The summed E-state index contributed by atoms with van der Waals surface area (Å²) in [5.74, 6) is 1.42. The van der Waals surface area contributed by atoms with Crippen molar-refractivity contribution < 1.29 is 17.9 Å². The van der Waals surface area contributed by atoms with Gasteiger partial charge >= 0.3 is 0 Å². The molecule has 2 aromatic rings. The van der Waals surface area contributed by atoms with Crippen molar-refractivity contribution >= 4 is 37.9 Å². The minimum Gasteiger partial charge on any atom is -0.497 e. The van der Waals surface area contributed by atoms with Gasteiger partial charge in [0.1, 0.15) is 16.7 Å². The van der Waals surface area contributed by atoms with Crippen molar-refractivity contribution in [2.75, 3.05) is 32.2 Å². The first kappa shape index (κ1) is 23.1. The fourth-order valence-electron chi connectivity index (χ4n) is 4.25. The first-order valence-corrected chi connectivity index (χ1v) is 13.3. The minimum atomic E-state index is -3.39.